The van der Waals surface area contributed by atoms with Gasteiger partial charge in [-0.3, -0.25) is 5.10 Å². The first kappa shape index (κ1) is 15.0. The van der Waals surface area contributed by atoms with E-state index in [-0.39, 0.29) is 5.82 Å². The molecule has 2 aromatic heterocycles. The molecule has 3 aromatic rings. The predicted octanol–water partition coefficient (Wildman–Crippen LogP) is 2.22. The zero-order valence-electron chi connectivity index (χ0n) is 13.5. The van der Waals surface area contributed by atoms with E-state index in [0.29, 0.717) is 12.6 Å². The van der Waals surface area contributed by atoms with Crippen molar-refractivity contribution in [3.8, 4) is 11.3 Å². The van der Waals surface area contributed by atoms with Crippen LogP contribution in [0.5, 0.6) is 0 Å². The van der Waals surface area contributed by atoms with Gasteiger partial charge < -0.3 is 5.32 Å². The number of nitrogens with one attached hydrogen (secondary N) is 2. The fourth-order valence-electron chi connectivity index (χ4n) is 3.17. The number of aryl methyl sites for hydroxylation is 2. The highest BCUT2D eigenvalue weighted by Gasteiger charge is 2.21. The maximum Gasteiger partial charge on any atom is 0.147 e. The summed E-state index contributed by atoms with van der Waals surface area (Å²) in [6, 6.07) is 6.80. The van der Waals surface area contributed by atoms with Crippen molar-refractivity contribution in [1.82, 2.24) is 30.3 Å². The normalized spacial score (nSPS) is 17.0. The maximum atomic E-state index is 13.1. The molecule has 0 bridgehead atoms. The number of H-pyrrole nitrogens is 1. The molecule has 1 aliphatic rings. The summed E-state index contributed by atoms with van der Waals surface area (Å²) < 4.78 is 15.1. The molecule has 0 unspecified atom stereocenters. The molecule has 0 aliphatic carbocycles. The van der Waals surface area contributed by atoms with Crippen LogP contribution in [-0.2, 0) is 19.5 Å². The van der Waals surface area contributed by atoms with Crippen LogP contribution in [0.3, 0.4) is 0 Å². The van der Waals surface area contributed by atoms with Gasteiger partial charge in [0.25, 0.3) is 0 Å². The van der Waals surface area contributed by atoms with Crippen LogP contribution in [0.25, 0.3) is 11.3 Å². The molecule has 0 saturated carbocycles. The number of hydrogen-bond donors (Lipinski definition) is 2. The summed E-state index contributed by atoms with van der Waals surface area (Å²) in [5.41, 5.74) is 2.93. The van der Waals surface area contributed by atoms with Gasteiger partial charge in [-0.05, 0) is 37.6 Å². The summed E-state index contributed by atoms with van der Waals surface area (Å²) in [5.74, 6) is 1.67. The van der Waals surface area contributed by atoms with Gasteiger partial charge in [0, 0.05) is 30.1 Å². The summed E-state index contributed by atoms with van der Waals surface area (Å²) in [5, 5.41) is 15.2. The van der Waals surface area contributed by atoms with E-state index in [0.717, 1.165) is 47.9 Å². The summed E-state index contributed by atoms with van der Waals surface area (Å²) in [6.45, 7) is 3.46. The molecular weight excluding hydrogens is 307 g/mol. The number of rotatable bonds is 4. The molecule has 0 fully saturated rings. The second-order valence-corrected chi connectivity index (χ2v) is 6.15. The topological polar surface area (TPSA) is 71.4 Å². The monoisotopic (exact) mass is 326 g/mol. The number of aromatic nitrogens is 5. The summed E-state index contributed by atoms with van der Waals surface area (Å²) >= 11 is 0. The number of aromatic amines is 1. The molecule has 0 spiro atoms. The molecule has 4 rings (SSSR count). The molecule has 0 amide bonds. The minimum atomic E-state index is -0.237. The average Bonchev–Trinajstić information content (AvgIpc) is 3.18. The molecule has 24 heavy (non-hydrogen) atoms. The van der Waals surface area contributed by atoms with Gasteiger partial charge in [0.1, 0.15) is 17.5 Å². The Morgan fingerprint density at radius 1 is 1.33 bits per heavy atom. The highest BCUT2D eigenvalue weighted by molar-refractivity contribution is 5.62. The Bertz CT molecular complexity index is 835. The SMILES string of the molecule is Cc1nc2n(n1)C[C@@H](NCc1cn[nH]c1-c1ccc(F)cc1)CC2. The molecule has 3 heterocycles. The lowest BCUT2D eigenvalue weighted by Gasteiger charge is -2.23. The quantitative estimate of drug-likeness (QED) is 0.771. The maximum absolute atomic E-state index is 13.1. The molecule has 124 valence electrons. The third-order valence-electron chi connectivity index (χ3n) is 4.40. The van der Waals surface area contributed by atoms with Crippen molar-refractivity contribution >= 4 is 0 Å². The second kappa shape index (κ2) is 6.16. The zero-order valence-corrected chi connectivity index (χ0v) is 13.5. The first-order chi connectivity index (χ1) is 11.7. The Kier molecular flexibility index (Phi) is 3.86. The Labute approximate surface area is 139 Å². The number of fused-ring (bicyclic) bond motifs is 1. The molecular formula is C17H19FN6. The highest BCUT2D eigenvalue weighted by Crippen LogP contribution is 2.22. The van der Waals surface area contributed by atoms with Gasteiger partial charge in [-0.2, -0.15) is 10.2 Å². The van der Waals surface area contributed by atoms with Crippen LogP contribution in [0.1, 0.15) is 23.6 Å². The van der Waals surface area contributed by atoms with Crippen LogP contribution in [0, 0.1) is 12.7 Å². The van der Waals surface area contributed by atoms with Crippen molar-refractivity contribution in [2.24, 2.45) is 0 Å². The van der Waals surface area contributed by atoms with Crippen LogP contribution in [0.4, 0.5) is 4.39 Å². The Morgan fingerprint density at radius 2 is 2.17 bits per heavy atom. The number of hydrogen-bond acceptors (Lipinski definition) is 4. The fourth-order valence-corrected chi connectivity index (χ4v) is 3.17. The third-order valence-corrected chi connectivity index (χ3v) is 4.40. The van der Waals surface area contributed by atoms with Gasteiger partial charge in [-0.1, -0.05) is 0 Å². The van der Waals surface area contributed by atoms with Crippen molar-refractivity contribution in [2.45, 2.75) is 38.9 Å². The van der Waals surface area contributed by atoms with Gasteiger partial charge in [0.15, 0.2) is 0 Å². The van der Waals surface area contributed by atoms with E-state index >= 15 is 0 Å². The molecule has 7 heteroatoms. The average molecular weight is 326 g/mol. The Hall–Kier alpha value is -2.54. The van der Waals surface area contributed by atoms with Crippen molar-refractivity contribution in [1.29, 1.82) is 0 Å². The third kappa shape index (κ3) is 2.94. The number of nitrogens with zero attached hydrogens (tertiary/aromatic N) is 4. The van der Waals surface area contributed by atoms with Gasteiger partial charge in [0.05, 0.1) is 18.4 Å². The molecule has 1 atom stereocenters. The van der Waals surface area contributed by atoms with Crippen LogP contribution in [0.15, 0.2) is 30.5 Å². The van der Waals surface area contributed by atoms with E-state index < -0.39 is 0 Å². The van der Waals surface area contributed by atoms with E-state index in [1.54, 1.807) is 12.1 Å². The lowest BCUT2D eigenvalue weighted by atomic mass is 10.1. The summed E-state index contributed by atoms with van der Waals surface area (Å²) in [4.78, 5) is 4.43. The van der Waals surface area contributed by atoms with Crippen molar-refractivity contribution < 1.29 is 4.39 Å². The van der Waals surface area contributed by atoms with Gasteiger partial charge in [-0.15, -0.1) is 0 Å². The Balaban J connectivity index is 1.44. The number of benzene rings is 1. The highest BCUT2D eigenvalue weighted by atomic mass is 19.1. The van der Waals surface area contributed by atoms with Gasteiger partial charge >= 0.3 is 0 Å². The lowest BCUT2D eigenvalue weighted by Crippen LogP contribution is -2.37. The molecule has 0 radical (unpaired) electrons. The number of halogens is 1. The van der Waals surface area contributed by atoms with Gasteiger partial charge in [-0.25, -0.2) is 14.1 Å². The van der Waals surface area contributed by atoms with Crippen LogP contribution < -0.4 is 5.32 Å². The largest absolute Gasteiger partial charge is 0.308 e. The molecule has 1 aromatic carbocycles. The first-order valence-electron chi connectivity index (χ1n) is 8.11. The van der Waals surface area contributed by atoms with E-state index in [4.69, 9.17) is 0 Å². The van der Waals surface area contributed by atoms with E-state index in [2.05, 4.69) is 25.6 Å². The molecule has 6 nitrogen and oxygen atoms in total. The van der Waals surface area contributed by atoms with E-state index in [1.165, 1.54) is 12.1 Å². The minimum Gasteiger partial charge on any atom is -0.308 e. The zero-order chi connectivity index (χ0) is 16.5. The second-order valence-electron chi connectivity index (χ2n) is 6.15. The van der Waals surface area contributed by atoms with Crippen molar-refractivity contribution in [3.63, 3.8) is 0 Å². The summed E-state index contributed by atoms with van der Waals surface area (Å²) in [7, 11) is 0. The summed E-state index contributed by atoms with van der Waals surface area (Å²) in [6.07, 6.45) is 3.80. The first-order valence-corrected chi connectivity index (χ1v) is 8.11. The predicted molar refractivity (Wildman–Crippen MR) is 87.7 cm³/mol. The van der Waals surface area contributed by atoms with Crippen molar-refractivity contribution in [2.75, 3.05) is 0 Å². The van der Waals surface area contributed by atoms with Crippen LogP contribution in [0.2, 0.25) is 0 Å². The fraction of sp³-hybridized carbons (Fsp3) is 0.353. The molecule has 0 saturated heterocycles. The van der Waals surface area contributed by atoms with E-state index in [1.807, 2.05) is 17.8 Å². The minimum absolute atomic E-state index is 0.237. The van der Waals surface area contributed by atoms with E-state index in [9.17, 15) is 4.39 Å². The smallest absolute Gasteiger partial charge is 0.147 e. The van der Waals surface area contributed by atoms with Gasteiger partial charge in [0.2, 0.25) is 0 Å². The van der Waals surface area contributed by atoms with Crippen LogP contribution in [-0.4, -0.2) is 31.0 Å². The Morgan fingerprint density at radius 3 is 3.00 bits per heavy atom. The molecule has 1 aliphatic heterocycles. The lowest BCUT2D eigenvalue weighted by molar-refractivity contribution is 0.358. The molecule has 2 N–H and O–H groups in total. The van der Waals surface area contributed by atoms with Crippen molar-refractivity contribution in [3.05, 3.63) is 53.5 Å². The van der Waals surface area contributed by atoms with Crippen LogP contribution >= 0.6 is 0 Å². The standard InChI is InChI=1S/C17H19FN6/c1-11-21-16-7-6-15(10-24(16)23-11)19-8-13-9-20-22-17(13)12-2-4-14(18)5-3-12/h2-5,9,15,19H,6-8,10H2,1H3,(H,20,22)/t15-/m0/s1.